The Morgan fingerprint density at radius 1 is 0.922 bits per heavy atom. The molecule has 0 spiro atoms. The quantitative estimate of drug-likeness (QED) is 0.0388. The van der Waals surface area contributed by atoms with Gasteiger partial charge in [-0.3, -0.25) is 33.8 Å². The van der Waals surface area contributed by atoms with Crippen molar-refractivity contribution in [1.82, 2.24) is 5.32 Å². The first-order chi connectivity index (χ1) is 24.2. The lowest BCUT2D eigenvalue weighted by molar-refractivity contribution is -0.384. The third kappa shape index (κ3) is 11.1. The molecule has 0 aliphatic carbocycles. The van der Waals surface area contributed by atoms with Gasteiger partial charge in [0.2, 0.25) is 5.91 Å². The molecule has 1 aliphatic rings. The summed E-state index contributed by atoms with van der Waals surface area (Å²) in [4.78, 5) is 78.7. The van der Waals surface area contributed by atoms with Gasteiger partial charge in [-0.05, 0) is 67.4 Å². The van der Waals surface area contributed by atoms with Crippen molar-refractivity contribution in [3.63, 3.8) is 0 Å². The van der Waals surface area contributed by atoms with Crippen molar-refractivity contribution >= 4 is 42.8 Å². The Morgan fingerprint density at radius 3 is 2.10 bits per heavy atom. The van der Waals surface area contributed by atoms with E-state index in [1.54, 1.807) is 48.5 Å². The number of nitrogens with zero attached hydrogens (tertiary/aromatic N) is 2. The largest absolute Gasteiger partial charge is 0.492 e. The average molecular weight is 731 g/mol. The van der Waals surface area contributed by atoms with E-state index in [-0.39, 0.29) is 75.1 Å². The van der Waals surface area contributed by atoms with E-state index in [1.165, 1.54) is 17.0 Å². The third-order valence-corrected chi connectivity index (χ3v) is 7.97. The molecule has 3 aromatic rings. The highest BCUT2D eigenvalue weighted by atomic mass is 31.2. The fourth-order valence-corrected chi connectivity index (χ4v) is 5.31. The molecular weight excluding hydrogens is 695 g/mol. The van der Waals surface area contributed by atoms with Gasteiger partial charge in [-0.1, -0.05) is 0 Å². The molecule has 0 bridgehead atoms. The number of carboxylic acid groups (broad SMARTS) is 1. The number of carbonyl (C=O) groups is 4. The van der Waals surface area contributed by atoms with Crippen LogP contribution in [0.4, 0.5) is 11.4 Å². The van der Waals surface area contributed by atoms with E-state index in [2.05, 4.69) is 9.84 Å². The number of benzene rings is 3. The second-order valence-electron chi connectivity index (χ2n) is 11.0. The maximum absolute atomic E-state index is 12.8. The normalized spacial score (nSPS) is 12.8. The second kappa shape index (κ2) is 17.5. The molecule has 19 heteroatoms. The summed E-state index contributed by atoms with van der Waals surface area (Å²) in [6, 6.07) is 13.8. The number of nitro benzene ring substituents is 1. The molecule has 1 heterocycles. The van der Waals surface area contributed by atoms with Crippen LogP contribution in [0.3, 0.4) is 0 Å². The van der Waals surface area contributed by atoms with E-state index in [9.17, 15) is 33.9 Å². The highest BCUT2D eigenvalue weighted by Crippen LogP contribution is 2.42. The van der Waals surface area contributed by atoms with Crippen LogP contribution in [-0.2, 0) is 29.9 Å². The van der Waals surface area contributed by atoms with Crippen LogP contribution in [0, 0.1) is 10.1 Å². The predicted molar refractivity (Wildman–Crippen MR) is 178 cm³/mol. The number of ketones is 1. The lowest BCUT2D eigenvalue weighted by atomic mass is 10.0. The van der Waals surface area contributed by atoms with Gasteiger partial charge in [0.1, 0.15) is 42.2 Å². The molecule has 1 aliphatic heterocycles. The van der Waals surface area contributed by atoms with Crippen molar-refractivity contribution in [1.29, 1.82) is 0 Å². The van der Waals surface area contributed by atoms with Crippen LogP contribution in [0.1, 0.15) is 34.3 Å². The number of phosphoric ester groups is 1. The van der Waals surface area contributed by atoms with Crippen molar-refractivity contribution in [3.05, 3.63) is 87.5 Å². The summed E-state index contributed by atoms with van der Waals surface area (Å²) in [5, 5.41) is 23.3. The average Bonchev–Trinajstić information content (AvgIpc) is 3.55. The summed E-state index contributed by atoms with van der Waals surface area (Å²) in [5.74, 6) is -1.50. The molecule has 6 N–H and O–H groups in total. The van der Waals surface area contributed by atoms with E-state index >= 15 is 0 Å². The first-order valence-corrected chi connectivity index (χ1v) is 17.0. The number of ether oxygens (including phenoxy) is 3. The lowest BCUT2D eigenvalue weighted by Crippen LogP contribution is -2.34. The van der Waals surface area contributed by atoms with Crippen LogP contribution in [-0.4, -0.2) is 88.9 Å². The molecule has 2 amide bonds. The third-order valence-electron chi connectivity index (χ3n) is 7.45. The van der Waals surface area contributed by atoms with Gasteiger partial charge < -0.3 is 45.1 Å². The van der Waals surface area contributed by atoms with Gasteiger partial charge in [0.05, 0.1) is 18.1 Å². The fraction of sp³-hybridized carbons (Fsp3) is 0.312. The molecule has 18 nitrogen and oxygen atoms in total. The summed E-state index contributed by atoms with van der Waals surface area (Å²) in [6.07, 6.45) is -0.134. The fourth-order valence-electron chi connectivity index (χ4n) is 4.99. The van der Waals surface area contributed by atoms with Gasteiger partial charge in [0.15, 0.2) is 12.4 Å². The van der Waals surface area contributed by atoms with E-state index in [0.29, 0.717) is 28.2 Å². The van der Waals surface area contributed by atoms with Crippen LogP contribution in [0.5, 0.6) is 17.2 Å². The second-order valence-corrected chi connectivity index (χ2v) is 12.2. The monoisotopic (exact) mass is 730 g/mol. The SMILES string of the molecule is N[C@@H](CCC(=O)N1CCc2c(OCC(=O)NCCOc3ccc(C(=O)c4ccc(OCCOP(=O)(O)O)cc4)cc3)ccc([N+](=O)[O-])c21)C(=O)O. The Kier molecular flexibility index (Phi) is 13.2. The summed E-state index contributed by atoms with van der Waals surface area (Å²) in [6.45, 7) is -0.503. The zero-order valence-electron chi connectivity index (χ0n) is 27.0. The minimum absolute atomic E-state index is 0.0437. The van der Waals surface area contributed by atoms with Gasteiger partial charge in [0, 0.05) is 35.7 Å². The van der Waals surface area contributed by atoms with Gasteiger partial charge >= 0.3 is 13.8 Å². The molecule has 0 saturated carbocycles. The van der Waals surface area contributed by atoms with Crippen LogP contribution in [0.2, 0.25) is 0 Å². The number of nitrogens with one attached hydrogen (secondary N) is 1. The minimum atomic E-state index is -4.58. The molecule has 0 fully saturated rings. The molecule has 4 rings (SSSR count). The highest BCUT2D eigenvalue weighted by molar-refractivity contribution is 7.46. The number of fused-ring (bicyclic) bond motifs is 1. The number of nitrogens with two attached hydrogens (primary N) is 1. The summed E-state index contributed by atoms with van der Waals surface area (Å²) in [5.41, 5.74) is 6.37. The molecule has 1 atom stereocenters. The zero-order valence-corrected chi connectivity index (χ0v) is 27.9. The maximum Gasteiger partial charge on any atom is 0.469 e. The molecule has 0 saturated heterocycles. The Labute approximate surface area is 290 Å². The molecule has 0 aromatic heterocycles. The Bertz CT molecular complexity index is 1800. The Morgan fingerprint density at radius 2 is 1.53 bits per heavy atom. The number of phosphoric acid groups is 1. The summed E-state index contributed by atoms with van der Waals surface area (Å²) in [7, 11) is -4.58. The van der Waals surface area contributed by atoms with E-state index < -0.39 is 43.2 Å². The first kappa shape index (κ1) is 38.4. The molecule has 0 radical (unpaired) electrons. The molecule has 272 valence electrons. The van der Waals surface area contributed by atoms with E-state index in [4.69, 9.17) is 34.8 Å². The predicted octanol–water partition coefficient (Wildman–Crippen LogP) is 1.97. The van der Waals surface area contributed by atoms with Crippen molar-refractivity contribution < 1.29 is 62.3 Å². The van der Waals surface area contributed by atoms with Crippen LogP contribution >= 0.6 is 7.82 Å². The van der Waals surface area contributed by atoms with Crippen LogP contribution in [0.15, 0.2) is 60.7 Å². The highest BCUT2D eigenvalue weighted by Gasteiger charge is 2.35. The van der Waals surface area contributed by atoms with Crippen LogP contribution < -0.4 is 30.2 Å². The van der Waals surface area contributed by atoms with Gasteiger partial charge in [-0.25, -0.2) is 4.57 Å². The number of carboxylic acids is 1. The van der Waals surface area contributed by atoms with Crippen molar-refractivity contribution in [3.8, 4) is 17.2 Å². The smallest absolute Gasteiger partial charge is 0.469 e. The van der Waals surface area contributed by atoms with Gasteiger partial charge in [0.25, 0.3) is 11.6 Å². The van der Waals surface area contributed by atoms with Crippen molar-refractivity contribution in [2.45, 2.75) is 25.3 Å². The molecule has 51 heavy (non-hydrogen) atoms. The lowest BCUT2D eigenvalue weighted by Gasteiger charge is -2.18. The van der Waals surface area contributed by atoms with Gasteiger partial charge in [-0.15, -0.1) is 0 Å². The number of amides is 2. The molecule has 0 unspecified atom stereocenters. The standard InChI is InChI=1S/C32H35N4O14P/c33-25(32(40)41)9-12-29(38)35-15-13-24-27(11-10-26(30(24)35)36(42)43)49-19-28(37)34-14-16-47-22-5-1-20(2-6-22)31(39)21-3-7-23(8-4-21)48-17-18-50-51(44,45)46/h1-8,10-11,25H,9,12-19,33H2,(H,34,37)(H,40,41)(H2,44,45,46)/t25-/m0/s1. The summed E-state index contributed by atoms with van der Waals surface area (Å²) < 4.78 is 31.6. The number of rotatable bonds is 19. The zero-order chi connectivity index (χ0) is 37.1. The van der Waals surface area contributed by atoms with E-state index in [1.807, 2.05) is 0 Å². The van der Waals surface area contributed by atoms with Crippen molar-refractivity contribution in [2.24, 2.45) is 5.73 Å². The van der Waals surface area contributed by atoms with Gasteiger partial charge in [-0.2, -0.15) is 0 Å². The number of anilines is 1. The number of hydrogen-bond donors (Lipinski definition) is 5. The number of nitro groups is 1. The number of hydrogen-bond acceptors (Lipinski definition) is 12. The Hall–Kier alpha value is -5.39. The number of aliphatic carboxylic acids is 1. The molecular formula is C32H35N4O14P. The maximum atomic E-state index is 12.8. The Balaban J connectivity index is 1.22. The minimum Gasteiger partial charge on any atom is -0.492 e. The summed E-state index contributed by atoms with van der Waals surface area (Å²) >= 11 is 0. The number of carbonyl (C=O) groups excluding carboxylic acids is 3. The first-order valence-electron chi connectivity index (χ1n) is 15.4. The topological polar surface area (TPSA) is 267 Å². The van der Waals surface area contributed by atoms with Crippen molar-refractivity contribution in [2.75, 3.05) is 44.4 Å². The molecule has 3 aromatic carbocycles. The van der Waals surface area contributed by atoms with Crippen LogP contribution in [0.25, 0.3) is 0 Å². The van der Waals surface area contributed by atoms with E-state index in [0.717, 1.165) is 0 Å².